The van der Waals surface area contributed by atoms with Crippen molar-refractivity contribution in [2.75, 3.05) is 19.6 Å². The normalized spacial score (nSPS) is 20.0. The van der Waals surface area contributed by atoms with Crippen LogP contribution in [0.25, 0.3) is 0 Å². The van der Waals surface area contributed by atoms with Gasteiger partial charge in [-0.1, -0.05) is 17.7 Å². The van der Waals surface area contributed by atoms with Crippen LogP contribution >= 0.6 is 11.6 Å². The van der Waals surface area contributed by atoms with Crippen molar-refractivity contribution in [3.05, 3.63) is 34.6 Å². The van der Waals surface area contributed by atoms with E-state index in [1.807, 2.05) is 0 Å². The highest BCUT2D eigenvalue weighted by Crippen LogP contribution is 2.21. The molecule has 0 radical (unpaired) electrons. The summed E-state index contributed by atoms with van der Waals surface area (Å²) >= 11 is 5.98. The Morgan fingerprint density at radius 1 is 1.50 bits per heavy atom. The Morgan fingerprint density at radius 3 is 3.00 bits per heavy atom. The molecule has 0 aliphatic carbocycles. The van der Waals surface area contributed by atoms with Crippen LogP contribution in [-0.4, -0.2) is 35.6 Å². The van der Waals surface area contributed by atoms with Crippen LogP contribution < -0.4 is 0 Å². The molecule has 1 unspecified atom stereocenters. The Bertz CT molecular complexity index is 461. The monoisotopic (exact) mass is 299 g/mol. The van der Waals surface area contributed by atoms with Gasteiger partial charge in [-0.2, -0.15) is 0 Å². The number of carboxylic acids is 1. The molecule has 1 N–H and O–H groups in total. The van der Waals surface area contributed by atoms with Crippen LogP contribution in [0.15, 0.2) is 18.2 Å². The number of hydrogen-bond acceptors (Lipinski definition) is 2. The van der Waals surface area contributed by atoms with Crippen molar-refractivity contribution in [3.8, 4) is 0 Å². The molecule has 0 bridgehead atoms. The molecule has 1 fully saturated rings. The van der Waals surface area contributed by atoms with Crippen molar-refractivity contribution >= 4 is 17.6 Å². The second-order valence-corrected chi connectivity index (χ2v) is 5.69. The van der Waals surface area contributed by atoms with E-state index in [0.717, 1.165) is 32.4 Å². The molecule has 0 aromatic heterocycles. The van der Waals surface area contributed by atoms with Gasteiger partial charge in [0.2, 0.25) is 0 Å². The number of hydrogen-bond donors (Lipinski definition) is 1. The fraction of sp³-hybridized carbons (Fsp3) is 0.533. The molecule has 1 aliphatic rings. The van der Waals surface area contributed by atoms with Crippen LogP contribution in [-0.2, 0) is 11.2 Å². The van der Waals surface area contributed by atoms with Gasteiger partial charge in [-0.05, 0) is 50.9 Å². The first kappa shape index (κ1) is 15.3. The molecule has 1 heterocycles. The van der Waals surface area contributed by atoms with E-state index < -0.39 is 5.97 Å². The van der Waals surface area contributed by atoms with E-state index in [0.29, 0.717) is 23.6 Å². The Balaban J connectivity index is 1.82. The second kappa shape index (κ2) is 7.04. The summed E-state index contributed by atoms with van der Waals surface area (Å²) in [4.78, 5) is 13.1. The van der Waals surface area contributed by atoms with Gasteiger partial charge in [-0.15, -0.1) is 0 Å². The molecule has 0 amide bonds. The zero-order valence-corrected chi connectivity index (χ0v) is 12.1. The summed E-state index contributed by atoms with van der Waals surface area (Å²) in [7, 11) is 0. The first-order chi connectivity index (χ1) is 9.58. The standard InChI is InChI=1S/C15H19ClFNO2/c16-13-6-1-7-14(17)12(13)5-3-9-18-8-2-4-11(10-18)15(19)20/h1,6-7,11H,2-5,8-10H2,(H,19,20). The zero-order valence-electron chi connectivity index (χ0n) is 11.3. The fourth-order valence-electron chi connectivity index (χ4n) is 2.71. The number of aliphatic carboxylic acids is 1. The fourth-order valence-corrected chi connectivity index (χ4v) is 2.97. The summed E-state index contributed by atoms with van der Waals surface area (Å²) in [5.41, 5.74) is 0.556. The lowest BCUT2D eigenvalue weighted by Gasteiger charge is -2.30. The third-order valence-electron chi connectivity index (χ3n) is 3.82. The summed E-state index contributed by atoms with van der Waals surface area (Å²) in [5.74, 6) is -1.24. The molecule has 1 atom stereocenters. The highest BCUT2D eigenvalue weighted by atomic mass is 35.5. The topological polar surface area (TPSA) is 40.5 Å². The summed E-state index contributed by atoms with van der Waals surface area (Å²) < 4.78 is 13.6. The third-order valence-corrected chi connectivity index (χ3v) is 4.17. The Morgan fingerprint density at radius 2 is 2.30 bits per heavy atom. The average Bonchev–Trinajstić information content (AvgIpc) is 2.42. The maximum absolute atomic E-state index is 13.6. The summed E-state index contributed by atoms with van der Waals surface area (Å²) in [6, 6.07) is 4.72. The van der Waals surface area contributed by atoms with Gasteiger partial charge in [0.15, 0.2) is 0 Å². The molecule has 20 heavy (non-hydrogen) atoms. The summed E-state index contributed by atoms with van der Waals surface area (Å²) in [6.45, 7) is 2.31. The molecular formula is C15H19ClFNO2. The van der Waals surface area contributed by atoms with Crippen molar-refractivity contribution in [1.29, 1.82) is 0 Å². The number of halogens is 2. The van der Waals surface area contributed by atoms with Crippen LogP contribution in [0.4, 0.5) is 4.39 Å². The maximum Gasteiger partial charge on any atom is 0.307 e. The lowest BCUT2D eigenvalue weighted by Crippen LogP contribution is -2.39. The predicted molar refractivity (Wildman–Crippen MR) is 76.5 cm³/mol. The van der Waals surface area contributed by atoms with Crippen LogP contribution in [0.3, 0.4) is 0 Å². The van der Waals surface area contributed by atoms with Gasteiger partial charge < -0.3 is 10.0 Å². The van der Waals surface area contributed by atoms with E-state index in [2.05, 4.69) is 4.90 Å². The number of benzene rings is 1. The molecule has 3 nitrogen and oxygen atoms in total. The number of rotatable bonds is 5. The number of carboxylic acid groups (broad SMARTS) is 1. The SMILES string of the molecule is O=C(O)C1CCCN(CCCc2c(F)cccc2Cl)C1. The van der Waals surface area contributed by atoms with Crippen LogP contribution in [0.2, 0.25) is 5.02 Å². The van der Waals surface area contributed by atoms with Gasteiger partial charge in [0, 0.05) is 17.1 Å². The lowest BCUT2D eigenvalue weighted by atomic mass is 9.98. The van der Waals surface area contributed by atoms with Gasteiger partial charge in [0.05, 0.1) is 5.92 Å². The van der Waals surface area contributed by atoms with E-state index in [1.54, 1.807) is 12.1 Å². The molecule has 0 saturated carbocycles. The maximum atomic E-state index is 13.6. The second-order valence-electron chi connectivity index (χ2n) is 5.28. The van der Waals surface area contributed by atoms with E-state index in [4.69, 9.17) is 16.7 Å². The molecule has 1 aromatic carbocycles. The van der Waals surface area contributed by atoms with Crippen molar-refractivity contribution in [1.82, 2.24) is 4.90 Å². The third kappa shape index (κ3) is 3.93. The van der Waals surface area contributed by atoms with Gasteiger partial charge >= 0.3 is 5.97 Å². The molecular weight excluding hydrogens is 281 g/mol. The smallest absolute Gasteiger partial charge is 0.307 e. The minimum Gasteiger partial charge on any atom is -0.481 e. The van der Waals surface area contributed by atoms with Gasteiger partial charge in [0.25, 0.3) is 0 Å². The molecule has 0 spiro atoms. The highest BCUT2D eigenvalue weighted by molar-refractivity contribution is 6.31. The van der Waals surface area contributed by atoms with E-state index in [-0.39, 0.29) is 11.7 Å². The minimum absolute atomic E-state index is 0.263. The van der Waals surface area contributed by atoms with E-state index in [9.17, 15) is 9.18 Å². The van der Waals surface area contributed by atoms with Gasteiger partial charge in [-0.3, -0.25) is 4.79 Å². The van der Waals surface area contributed by atoms with Gasteiger partial charge in [0.1, 0.15) is 5.82 Å². The Kier molecular flexibility index (Phi) is 5.38. The largest absolute Gasteiger partial charge is 0.481 e. The van der Waals surface area contributed by atoms with E-state index in [1.165, 1.54) is 6.07 Å². The molecule has 1 aliphatic heterocycles. The number of nitrogens with zero attached hydrogens (tertiary/aromatic N) is 1. The van der Waals surface area contributed by atoms with Crippen LogP contribution in [0.1, 0.15) is 24.8 Å². The van der Waals surface area contributed by atoms with Crippen LogP contribution in [0, 0.1) is 11.7 Å². The zero-order chi connectivity index (χ0) is 14.5. The van der Waals surface area contributed by atoms with E-state index >= 15 is 0 Å². The lowest BCUT2D eigenvalue weighted by molar-refractivity contribution is -0.143. The number of carbonyl (C=O) groups is 1. The average molecular weight is 300 g/mol. The van der Waals surface area contributed by atoms with Crippen molar-refractivity contribution in [3.63, 3.8) is 0 Å². The number of piperidine rings is 1. The summed E-state index contributed by atoms with van der Waals surface area (Å²) in [5, 5.41) is 9.50. The van der Waals surface area contributed by atoms with Gasteiger partial charge in [-0.25, -0.2) is 4.39 Å². The van der Waals surface area contributed by atoms with Crippen molar-refractivity contribution < 1.29 is 14.3 Å². The van der Waals surface area contributed by atoms with Crippen LogP contribution in [0.5, 0.6) is 0 Å². The van der Waals surface area contributed by atoms with Crippen molar-refractivity contribution in [2.24, 2.45) is 5.92 Å². The number of likely N-dealkylation sites (tertiary alicyclic amines) is 1. The Labute approximate surface area is 123 Å². The first-order valence-electron chi connectivity index (χ1n) is 6.96. The minimum atomic E-state index is -0.716. The predicted octanol–water partition coefficient (Wildman–Crippen LogP) is 3.21. The Hall–Kier alpha value is -1.13. The first-order valence-corrected chi connectivity index (χ1v) is 7.34. The van der Waals surface area contributed by atoms with Crippen molar-refractivity contribution in [2.45, 2.75) is 25.7 Å². The molecule has 110 valence electrons. The quantitative estimate of drug-likeness (QED) is 0.907. The molecule has 2 rings (SSSR count). The highest BCUT2D eigenvalue weighted by Gasteiger charge is 2.24. The molecule has 1 aromatic rings. The molecule has 1 saturated heterocycles. The summed E-state index contributed by atoms with van der Waals surface area (Å²) in [6.07, 6.45) is 3.04. The molecule has 5 heteroatoms.